The van der Waals surface area contributed by atoms with E-state index in [2.05, 4.69) is 0 Å². The van der Waals surface area contributed by atoms with Crippen LogP contribution >= 0.6 is 0 Å². The number of hydrogen-bond acceptors (Lipinski definition) is 2. The van der Waals surface area contributed by atoms with Crippen molar-refractivity contribution in [2.75, 3.05) is 11.9 Å². The molecule has 0 N–H and O–H groups in total. The first kappa shape index (κ1) is 15.1. The molecule has 0 bridgehead atoms. The van der Waals surface area contributed by atoms with E-state index in [1.165, 1.54) is 5.56 Å². The van der Waals surface area contributed by atoms with Gasteiger partial charge < -0.3 is 9.64 Å². The van der Waals surface area contributed by atoms with Gasteiger partial charge >= 0.3 is 0 Å². The van der Waals surface area contributed by atoms with E-state index in [1.807, 2.05) is 62.4 Å². The molecule has 110 valence electrons. The standard InChI is InChI=1S/C18H21NO2/c1-13-10-11-17(14(2)12-13)21-15(3)18(20)19(4)16-8-6-5-7-9-16/h5-12,15H,1-4H3. The van der Waals surface area contributed by atoms with Crippen molar-refractivity contribution in [3.63, 3.8) is 0 Å². The number of carbonyl (C=O) groups is 1. The Morgan fingerprint density at radius 3 is 2.38 bits per heavy atom. The Bertz CT molecular complexity index is 622. The first-order chi connectivity index (χ1) is 9.99. The summed E-state index contributed by atoms with van der Waals surface area (Å²) in [7, 11) is 1.76. The number of para-hydroxylation sites is 1. The van der Waals surface area contributed by atoms with Gasteiger partial charge in [-0.05, 0) is 44.5 Å². The van der Waals surface area contributed by atoms with Gasteiger partial charge in [-0.1, -0.05) is 35.9 Å². The van der Waals surface area contributed by atoms with Gasteiger partial charge in [-0.15, -0.1) is 0 Å². The molecular formula is C18H21NO2. The summed E-state index contributed by atoms with van der Waals surface area (Å²) in [6.07, 6.45) is -0.531. The smallest absolute Gasteiger partial charge is 0.267 e. The summed E-state index contributed by atoms with van der Waals surface area (Å²) in [6, 6.07) is 15.5. The lowest BCUT2D eigenvalue weighted by Crippen LogP contribution is -2.38. The average Bonchev–Trinajstić information content (AvgIpc) is 2.49. The van der Waals surface area contributed by atoms with Crippen LogP contribution in [-0.4, -0.2) is 19.1 Å². The van der Waals surface area contributed by atoms with Crippen molar-refractivity contribution in [2.24, 2.45) is 0 Å². The summed E-state index contributed by atoms with van der Waals surface area (Å²) < 4.78 is 5.81. The minimum absolute atomic E-state index is 0.0684. The van der Waals surface area contributed by atoms with Crippen molar-refractivity contribution >= 4 is 11.6 Å². The van der Waals surface area contributed by atoms with Crippen LogP contribution < -0.4 is 9.64 Å². The van der Waals surface area contributed by atoms with Crippen molar-refractivity contribution in [3.8, 4) is 5.75 Å². The van der Waals surface area contributed by atoms with Gasteiger partial charge in [-0.3, -0.25) is 4.79 Å². The van der Waals surface area contributed by atoms with E-state index < -0.39 is 6.10 Å². The van der Waals surface area contributed by atoms with E-state index in [9.17, 15) is 4.79 Å². The molecule has 0 saturated heterocycles. The highest BCUT2D eigenvalue weighted by Gasteiger charge is 2.20. The minimum atomic E-state index is -0.531. The fourth-order valence-electron chi connectivity index (χ4n) is 2.22. The van der Waals surface area contributed by atoms with Crippen LogP contribution in [0.2, 0.25) is 0 Å². The van der Waals surface area contributed by atoms with Crippen LogP contribution in [0, 0.1) is 13.8 Å². The van der Waals surface area contributed by atoms with Gasteiger partial charge in [0.1, 0.15) is 5.75 Å². The van der Waals surface area contributed by atoms with Crippen molar-refractivity contribution < 1.29 is 9.53 Å². The number of anilines is 1. The second-order valence-electron chi connectivity index (χ2n) is 5.26. The van der Waals surface area contributed by atoms with Crippen LogP contribution in [0.25, 0.3) is 0 Å². The number of aryl methyl sites for hydroxylation is 2. The monoisotopic (exact) mass is 283 g/mol. The number of benzene rings is 2. The second-order valence-corrected chi connectivity index (χ2v) is 5.26. The Morgan fingerprint density at radius 2 is 1.76 bits per heavy atom. The Hall–Kier alpha value is -2.29. The highest BCUT2D eigenvalue weighted by atomic mass is 16.5. The lowest BCUT2D eigenvalue weighted by molar-refractivity contribution is -0.124. The van der Waals surface area contributed by atoms with E-state index in [0.717, 1.165) is 17.0 Å². The zero-order valence-electron chi connectivity index (χ0n) is 13.0. The van der Waals surface area contributed by atoms with Gasteiger partial charge in [0.25, 0.3) is 5.91 Å². The Morgan fingerprint density at radius 1 is 1.10 bits per heavy atom. The quantitative estimate of drug-likeness (QED) is 0.855. The largest absolute Gasteiger partial charge is 0.481 e. The number of amides is 1. The van der Waals surface area contributed by atoms with Gasteiger partial charge in [0, 0.05) is 12.7 Å². The summed E-state index contributed by atoms with van der Waals surface area (Å²) in [4.78, 5) is 14.0. The molecule has 3 heteroatoms. The summed E-state index contributed by atoms with van der Waals surface area (Å²) in [6.45, 7) is 5.80. The van der Waals surface area contributed by atoms with Crippen LogP contribution in [-0.2, 0) is 4.79 Å². The summed E-state index contributed by atoms with van der Waals surface area (Å²) in [5.41, 5.74) is 3.08. The maximum atomic E-state index is 12.4. The predicted molar refractivity (Wildman–Crippen MR) is 85.9 cm³/mol. The van der Waals surface area contributed by atoms with Crippen molar-refractivity contribution in [1.29, 1.82) is 0 Å². The molecule has 21 heavy (non-hydrogen) atoms. The maximum absolute atomic E-state index is 12.4. The van der Waals surface area contributed by atoms with Crippen molar-refractivity contribution in [1.82, 2.24) is 0 Å². The molecule has 0 aliphatic rings. The highest BCUT2D eigenvalue weighted by Crippen LogP contribution is 2.21. The van der Waals surface area contributed by atoms with Crippen LogP contribution in [0.4, 0.5) is 5.69 Å². The Balaban J connectivity index is 2.09. The number of carbonyl (C=O) groups excluding carboxylic acids is 1. The maximum Gasteiger partial charge on any atom is 0.267 e. The van der Waals surface area contributed by atoms with Gasteiger partial charge in [-0.2, -0.15) is 0 Å². The molecule has 1 atom stereocenters. The summed E-state index contributed by atoms with van der Waals surface area (Å²) >= 11 is 0. The Labute approximate surface area is 126 Å². The molecule has 1 amide bonds. The van der Waals surface area contributed by atoms with E-state index in [0.29, 0.717) is 0 Å². The fourth-order valence-corrected chi connectivity index (χ4v) is 2.22. The van der Waals surface area contributed by atoms with Gasteiger partial charge in [-0.25, -0.2) is 0 Å². The minimum Gasteiger partial charge on any atom is -0.481 e. The first-order valence-electron chi connectivity index (χ1n) is 7.05. The summed E-state index contributed by atoms with van der Waals surface area (Å²) in [5, 5.41) is 0. The molecule has 2 aromatic carbocycles. The van der Waals surface area contributed by atoms with Crippen LogP contribution in [0.15, 0.2) is 48.5 Å². The molecule has 0 heterocycles. The highest BCUT2D eigenvalue weighted by molar-refractivity contribution is 5.96. The molecule has 2 rings (SSSR count). The SMILES string of the molecule is Cc1ccc(OC(C)C(=O)N(C)c2ccccc2)c(C)c1. The van der Waals surface area contributed by atoms with Gasteiger partial charge in [0.15, 0.2) is 6.10 Å². The third kappa shape index (κ3) is 3.63. The van der Waals surface area contributed by atoms with E-state index in [-0.39, 0.29) is 5.91 Å². The number of likely N-dealkylation sites (N-methyl/N-ethyl adjacent to an activating group) is 1. The molecular weight excluding hydrogens is 262 g/mol. The molecule has 1 unspecified atom stereocenters. The average molecular weight is 283 g/mol. The molecule has 0 aromatic heterocycles. The fraction of sp³-hybridized carbons (Fsp3) is 0.278. The first-order valence-corrected chi connectivity index (χ1v) is 7.05. The molecule has 0 aliphatic heterocycles. The number of nitrogens with zero attached hydrogens (tertiary/aromatic N) is 1. The molecule has 0 fully saturated rings. The van der Waals surface area contributed by atoms with Crippen molar-refractivity contribution in [3.05, 3.63) is 59.7 Å². The van der Waals surface area contributed by atoms with Crippen molar-refractivity contribution in [2.45, 2.75) is 26.9 Å². The lowest BCUT2D eigenvalue weighted by Gasteiger charge is -2.23. The van der Waals surface area contributed by atoms with Crippen LogP contribution in [0.5, 0.6) is 5.75 Å². The van der Waals surface area contributed by atoms with Gasteiger partial charge in [0.05, 0.1) is 0 Å². The third-order valence-electron chi connectivity index (χ3n) is 3.46. The van der Waals surface area contributed by atoms with Crippen LogP contribution in [0.3, 0.4) is 0 Å². The van der Waals surface area contributed by atoms with Gasteiger partial charge in [0.2, 0.25) is 0 Å². The molecule has 0 radical (unpaired) electrons. The van der Waals surface area contributed by atoms with E-state index >= 15 is 0 Å². The molecule has 0 spiro atoms. The zero-order valence-corrected chi connectivity index (χ0v) is 13.0. The molecule has 0 saturated carbocycles. The van der Waals surface area contributed by atoms with Crippen LogP contribution in [0.1, 0.15) is 18.1 Å². The van der Waals surface area contributed by atoms with E-state index in [1.54, 1.807) is 18.9 Å². The number of ether oxygens (including phenoxy) is 1. The number of hydrogen-bond donors (Lipinski definition) is 0. The molecule has 2 aromatic rings. The predicted octanol–water partition coefficient (Wildman–Crippen LogP) is 3.73. The number of rotatable bonds is 4. The lowest BCUT2D eigenvalue weighted by atomic mass is 10.1. The normalized spacial score (nSPS) is 11.8. The zero-order chi connectivity index (χ0) is 15.4. The summed E-state index contributed by atoms with van der Waals surface area (Å²) in [5.74, 6) is 0.684. The Kier molecular flexibility index (Phi) is 4.63. The molecule has 0 aliphatic carbocycles. The second kappa shape index (κ2) is 6.44. The topological polar surface area (TPSA) is 29.5 Å². The third-order valence-corrected chi connectivity index (χ3v) is 3.46. The van der Waals surface area contributed by atoms with E-state index in [4.69, 9.17) is 4.74 Å². The molecule has 3 nitrogen and oxygen atoms in total.